The average Bonchev–Trinajstić information content (AvgIpc) is 2.63. The summed E-state index contributed by atoms with van der Waals surface area (Å²) in [5.41, 5.74) is 0. The van der Waals surface area contributed by atoms with Crippen LogP contribution in [0.3, 0.4) is 0 Å². The van der Waals surface area contributed by atoms with Crippen LogP contribution in [0.5, 0.6) is 0 Å². The lowest BCUT2D eigenvalue weighted by molar-refractivity contribution is 0.0465. The second-order valence-corrected chi connectivity index (χ2v) is 7.16. The molecule has 0 amide bonds. The Morgan fingerprint density at radius 3 is 1.48 bits per heavy atom. The van der Waals surface area contributed by atoms with Gasteiger partial charge in [0.1, 0.15) is 0 Å². The van der Waals surface area contributed by atoms with E-state index in [4.69, 9.17) is 9.47 Å². The van der Waals surface area contributed by atoms with Crippen molar-refractivity contribution in [3.8, 4) is 0 Å². The monoisotopic (exact) mass is 354 g/mol. The van der Waals surface area contributed by atoms with Gasteiger partial charge in [0, 0.05) is 13.2 Å². The molecular formula is C23H46O2. The van der Waals surface area contributed by atoms with Crippen molar-refractivity contribution < 1.29 is 9.47 Å². The van der Waals surface area contributed by atoms with Crippen molar-refractivity contribution in [3.05, 3.63) is 12.2 Å². The molecule has 2 nitrogen and oxygen atoms in total. The molecule has 0 saturated carbocycles. The molecule has 2 heteroatoms. The zero-order chi connectivity index (χ0) is 18.3. The first-order chi connectivity index (χ1) is 12.4. The van der Waals surface area contributed by atoms with E-state index in [0.717, 1.165) is 32.8 Å². The van der Waals surface area contributed by atoms with Gasteiger partial charge in [0.2, 0.25) is 0 Å². The van der Waals surface area contributed by atoms with Gasteiger partial charge in [0.05, 0.1) is 13.2 Å². The van der Waals surface area contributed by atoms with E-state index >= 15 is 0 Å². The fraction of sp³-hybridized carbons (Fsp3) is 0.913. The van der Waals surface area contributed by atoms with Crippen LogP contribution < -0.4 is 0 Å². The predicted molar refractivity (Wildman–Crippen MR) is 111 cm³/mol. The molecule has 25 heavy (non-hydrogen) atoms. The standard InChI is InChI=1S/C23H46O2/c1-3-5-6-7-8-9-10-11-12-13-14-15-16-17-18-19-21-25-23-22-24-20-4-2/h11-12H,3-10,13-23H2,1-2H3/b12-11-. The van der Waals surface area contributed by atoms with Gasteiger partial charge in [-0.25, -0.2) is 0 Å². The largest absolute Gasteiger partial charge is 0.379 e. The molecule has 150 valence electrons. The topological polar surface area (TPSA) is 18.5 Å². The lowest BCUT2D eigenvalue weighted by Crippen LogP contribution is -2.05. The number of hydrogen-bond acceptors (Lipinski definition) is 2. The summed E-state index contributed by atoms with van der Waals surface area (Å²) in [5, 5.41) is 0. The second kappa shape index (κ2) is 23.7. The third kappa shape index (κ3) is 23.7. The summed E-state index contributed by atoms with van der Waals surface area (Å²) in [4.78, 5) is 0. The minimum atomic E-state index is 0.750. The molecule has 0 unspecified atom stereocenters. The molecule has 0 bridgehead atoms. The minimum Gasteiger partial charge on any atom is -0.379 e. The molecule has 0 aliphatic heterocycles. The Hall–Kier alpha value is -0.340. The molecule has 0 aromatic carbocycles. The van der Waals surface area contributed by atoms with Gasteiger partial charge in [-0.3, -0.25) is 0 Å². The molecule has 0 atom stereocenters. The van der Waals surface area contributed by atoms with Gasteiger partial charge in [-0.05, 0) is 38.5 Å². The molecule has 0 spiro atoms. The molecule has 0 rings (SSSR count). The van der Waals surface area contributed by atoms with E-state index in [1.54, 1.807) is 0 Å². The quantitative estimate of drug-likeness (QED) is 0.157. The Kier molecular flexibility index (Phi) is 23.3. The molecule has 0 N–H and O–H groups in total. The van der Waals surface area contributed by atoms with E-state index in [0.29, 0.717) is 0 Å². The number of hydrogen-bond donors (Lipinski definition) is 0. The van der Waals surface area contributed by atoms with Crippen molar-refractivity contribution in [2.24, 2.45) is 0 Å². The van der Waals surface area contributed by atoms with Crippen molar-refractivity contribution in [3.63, 3.8) is 0 Å². The Balaban J connectivity index is 3.03. The van der Waals surface area contributed by atoms with E-state index in [-0.39, 0.29) is 0 Å². The van der Waals surface area contributed by atoms with Gasteiger partial charge in [-0.1, -0.05) is 83.8 Å². The maximum atomic E-state index is 5.57. The fourth-order valence-corrected chi connectivity index (χ4v) is 2.92. The number of ether oxygens (including phenoxy) is 2. The number of allylic oxidation sites excluding steroid dienone is 2. The maximum Gasteiger partial charge on any atom is 0.0700 e. The predicted octanol–water partition coefficient (Wildman–Crippen LogP) is 7.47. The van der Waals surface area contributed by atoms with Gasteiger partial charge >= 0.3 is 0 Å². The molecular weight excluding hydrogens is 308 g/mol. The Morgan fingerprint density at radius 2 is 0.920 bits per heavy atom. The first-order valence-electron chi connectivity index (χ1n) is 11.2. The summed E-state index contributed by atoms with van der Waals surface area (Å²) in [5.74, 6) is 0. The Labute approximate surface area is 158 Å². The summed E-state index contributed by atoms with van der Waals surface area (Å²) in [7, 11) is 0. The normalized spacial score (nSPS) is 11.6. The molecule has 0 fully saturated rings. The summed E-state index contributed by atoms with van der Waals surface area (Å²) >= 11 is 0. The number of unbranched alkanes of at least 4 members (excludes halogenated alkanes) is 12. The highest BCUT2D eigenvalue weighted by Crippen LogP contribution is 2.09. The van der Waals surface area contributed by atoms with Crippen LogP contribution >= 0.6 is 0 Å². The van der Waals surface area contributed by atoms with Gasteiger partial charge in [-0.2, -0.15) is 0 Å². The van der Waals surface area contributed by atoms with Gasteiger partial charge in [-0.15, -0.1) is 0 Å². The third-order valence-corrected chi connectivity index (χ3v) is 4.52. The van der Waals surface area contributed by atoms with Crippen LogP contribution in [0.15, 0.2) is 12.2 Å². The van der Waals surface area contributed by atoms with Crippen molar-refractivity contribution in [2.75, 3.05) is 26.4 Å². The third-order valence-electron chi connectivity index (χ3n) is 4.52. The van der Waals surface area contributed by atoms with Gasteiger partial charge in [0.15, 0.2) is 0 Å². The van der Waals surface area contributed by atoms with Crippen LogP contribution in [0.2, 0.25) is 0 Å². The van der Waals surface area contributed by atoms with Crippen LogP contribution in [0.25, 0.3) is 0 Å². The highest BCUT2D eigenvalue weighted by Gasteiger charge is 1.93. The number of rotatable bonds is 21. The highest BCUT2D eigenvalue weighted by atomic mass is 16.5. The van der Waals surface area contributed by atoms with E-state index < -0.39 is 0 Å². The van der Waals surface area contributed by atoms with E-state index in [1.807, 2.05) is 0 Å². The maximum absolute atomic E-state index is 5.57. The van der Waals surface area contributed by atoms with Crippen molar-refractivity contribution >= 4 is 0 Å². The summed E-state index contributed by atoms with van der Waals surface area (Å²) in [6.07, 6.45) is 24.9. The second-order valence-electron chi connectivity index (χ2n) is 7.16. The zero-order valence-corrected chi connectivity index (χ0v) is 17.4. The average molecular weight is 355 g/mol. The summed E-state index contributed by atoms with van der Waals surface area (Å²) < 4.78 is 11.0. The van der Waals surface area contributed by atoms with Crippen molar-refractivity contribution in [1.29, 1.82) is 0 Å². The van der Waals surface area contributed by atoms with Crippen LogP contribution in [-0.4, -0.2) is 26.4 Å². The van der Waals surface area contributed by atoms with E-state index in [2.05, 4.69) is 26.0 Å². The summed E-state index contributed by atoms with van der Waals surface area (Å²) in [6.45, 7) is 7.68. The van der Waals surface area contributed by atoms with Crippen LogP contribution in [0, 0.1) is 0 Å². The summed E-state index contributed by atoms with van der Waals surface area (Å²) in [6, 6.07) is 0. The highest BCUT2D eigenvalue weighted by molar-refractivity contribution is 4.81. The Bertz CT molecular complexity index is 250. The molecule has 0 aliphatic carbocycles. The van der Waals surface area contributed by atoms with Crippen LogP contribution in [0.1, 0.15) is 110 Å². The van der Waals surface area contributed by atoms with Crippen molar-refractivity contribution in [1.82, 2.24) is 0 Å². The van der Waals surface area contributed by atoms with Crippen molar-refractivity contribution in [2.45, 2.75) is 110 Å². The van der Waals surface area contributed by atoms with Crippen LogP contribution in [-0.2, 0) is 9.47 Å². The lowest BCUT2D eigenvalue weighted by Gasteiger charge is -2.05. The van der Waals surface area contributed by atoms with E-state index in [9.17, 15) is 0 Å². The fourth-order valence-electron chi connectivity index (χ4n) is 2.92. The molecule has 0 aromatic rings. The molecule has 0 radical (unpaired) electrons. The molecule has 0 aliphatic rings. The first-order valence-corrected chi connectivity index (χ1v) is 11.2. The van der Waals surface area contributed by atoms with E-state index in [1.165, 1.54) is 89.9 Å². The first kappa shape index (κ1) is 24.7. The molecule has 0 aromatic heterocycles. The lowest BCUT2D eigenvalue weighted by atomic mass is 10.1. The van der Waals surface area contributed by atoms with Crippen LogP contribution in [0.4, 0.5) is 0 Å². The zero-order valence-electron chi connectivity index (χ0n) is 17.4. The SMILES string of the molecule is CCCCCCCC/C=C\CCCCCCCCOCCOCCC. The molecule has 0 saturated heterocycles. The smallest absolute Gasteiger partial charge is 0.0700 e. The molecule has 0 heterocycles. The minimum absolute atomic E-state index is 0.750. The van der Waals surface area contributed by atoms with Gasteiger partial charge in [0.25, 0.3) is 0 Å². The Morgan fingerprint density at radius 1 is 0.440 bits per heavy atom. The van der Waals surface area contributed by atoms with Gasteiger partial charge < -0.3 is 9.47 Å².